The maximum absolute atomic E-state index is 10.8. The molecule has 26 heavy (non-hydrogen) atoms. The number of carbonyl (C=O) groups excluding carboxylic acids is 1. The Balaban J connectivity index is 1.99. The average molecular weight is 406 g/mol. The van der Waals surface area contributed by atoms with Crippen LogP contribution >= 0.6 is 15.9 Å². The second kappa shape index (κ2) is 7.89. The third kappa shape index (κ3) is 3.95. The normalized spacial score (nSPS) is 11.2. The first kappa shape index (κ1) is 17.8. The topological polar surface area (TPSA) is 79.3 Å². The molecule has 0 spiro atoms. The fourth-order valence-corrected chi connectivity index (χ4v) is 2.94. The Kier molecular flexibility index (Phi) is 5.39. The molecule has 0 aliphatic rings. The minimum Gasteiger partial charge on any atom is -0.383 e. The standard InChI is InChI=1S/C21H16BrN3O/c22-16-4-3-5-17(12-16)25-21(24)19-7-2-1-6-18(19)20(23)15-10-8-14(13-26)9-11-15/h1-13,23H,(H2,24,25). The van der Waals surface area contributed by atoms with E-state index in [2.05, 4.69) is 20.9 Å². The van der Waals surface area contributed by atoms with Crippen molar-refractivity contribution in [3.63, 3.8) is 0 Å². The Morgan fingerprint density at radius 1 is 0.962 bits per heavy atom. The Labute approximate surface area is 160 Å². The summed E-state index contributed by atoms with van der Waals surface area (Å²) in [6, 6.07) is 21.9. The predicted molar refractivity (Wildman–Crippen MR) is 109 cm³/mol. The summed E-state index contributed by atoms with van der Waals surface area (Å²) in [6.07, 6.45) is 0.782. The van der Waals surface area contributed by atoms with E-state index in [0.29, 0.717) is 33.8 Å². The van der Waals surface area contributed by atoms with Gasteiger partial charge in [0, 0.05) is 26.7 Å². The van der Waals surface area contributed by atoms with Gasteiger partial charge in [-0.05, 0) is 18.2 Å². The van der Waals surface area contributed by atoms with Gasteiger partial charge in [0.05, 0.1) is 11.4 Å². The van der Waals surface area contributed by atoms with Crippen LogP contribution in [0.5, 0.6) is 0 Å². The van der Waals surface area contributed by atoms with Gasteiger partial charge in [0.25, 0.3) is 0 Å². The van der Waals surface area contributed by atoms with Crippen molar-refractivity contribution in [2.75, 3.05) is 0 Å². The highest BCUT2D eigenvalue weighted by atomic mass is 79.9. The number of carbonyl (C=O) groups is 1. The van der Waals surface area contributed by atoms with Crippen molar-refractivity contribution in [1.82, 2.24) is 0 Å². The second-order valence-electron chi connectivity index (χ2n) is 5.64. The molecule has 0 unspecified atom stereocenters. The van der Waals surface area contributed by atoms with Gasteiger partial charge in [0.2, 0.25) is 0 Å². The van der Waals surface area contributed by atoms with Crippen molar-refractivity contribution in [3.05, 3.63) is 99.5 Å². The first-order valence-electron chi connectivity index (χ1n) is 7.92. The zero-order chi connectivity index (χ0) is 18.5. The van der Waals surface area contributed by atoms with Crippen LogP contribution in [0.2, 0.25) is 0 Å². The summed E-state index contributed by atoms with van der Waals surface area (Å²) in [5.74, 6) is 0.341. The Morgan fingerprint density at radius 2 is 1.65 bits per heavy atom. The molecule has 3 N–H and O–H groups in total. The molecule has 0 atom stereocenters. The Morgan fingerprint density at radius 3 is 2.31 bits per heavy atom. The smallest absolute Gasteiger partial charge is 0.150 e. The van der Waals surface area contributed by atoms with Crippen LogP contribution < -0.4 is 5.73 Å². The summed E-state index contributed by atoms with van der Waals surface area (Å²) in [5.41, 5.74) is 9.94. The van der Waals surface area contributed by atoms with Crippen LogP contribution in [0.4, 0.5) is 5.69 Å². The summed E-state index contributed by atoms with van der Waals surface area (Å²) in [5, 5.41) is 8.54. The molecule has 0 heterocycles. The molecule has 4 nitrogen and oxygen atoms in total. The molecule has 0 amide bonds. The number of nitrogens with two attached hydrogens (primary N) is 1. The van der Waals surface area contributed by atoms with Gasteiger partial charge in [0.1, 0.15) is 12.1 Å². The van der Waals surface area contributed by atoms with E-state index in [0.717, 1.165) is 16.4 Å². The fraction of sp³-hybridized carbons (Fsp3) is 0. The maximum Gasteiger partial charge on any atom is 0.150 e. The second-order valence-corrected chi connectivity index (χ2v) is 6.55. The minimum atomic E-state index is 0.324. The number of aldehydes is 1. The predicted octanol–water partition coefficient (Wildman–Crippen LogP) is 4.71. The molecule has 0 aromatic heterocycles. The molecular weight excluding hydrogens is 390 g/mol. The quantitative estimate of drug-likeness (QED) is 0.366. The van der Waals surface area contributed by atoms with E-state index in [1.165, 1.54) is 0 Å². The van der Waals surface area contributed by atoms with Crippen molar-refractivity contribution >= 4 is 39.5 Å². The molecular formula is C21H16BrN3O. The van der Waals surface area contributed by atoms with Crippen LogP contribution in [0.1, 0.15) is 27.0 Å². The number of nitrogens with zero attached hydrogens (tertiary/aromatic N) is 1. The summed E-state index contributed by atoms with van der Waals surface area (Å²) in [6.45, 7) is 0. The van der Waals surface area contributed by atoms with E-state index in [1.54, 1.807) is 24.3 Å². The highest BCUT2D eigenvalue weighted by Crippen LogP contribution is 2.21. The van der Waals surface area contributed by atoms with Crippen LogP contribution in [0.15, 0.2) is 82.3 Å². The Hall–Kier alpha value is -3.05. The zero-order valence-corrected chi connectivity index (χ0v) is 15.4. The summed E-state index contributed by atoms with van der Waals surface area (Å²) in [7, 11) is 0. The molecule has 3 aromatic carbocycles. The number of nitrogens with one attached hydrogen (secondary N) is 1. The molecule has 0 aliphatic heterocycles. The molecule has 0 radical (unpaired) electrons. The van der Waals surface area contributed by atoms with Crippen LogP contribution in [-0.2, 0) is 0 Å². The van der Waals surface area contributed by atoms with E-state index in [4.69, 9.17) is 11.1 Å². The minimum absolute atomic E-state index is 0.324. The molecule has 0 bridgehead atoms. The lowest BCUT2D eigenvalue weighted by molar-refractivity contribution is 0.112. The number of amidine groups is 1. The lowest BCUT2D eigenvalue weighted by atomic mass is 9.96. The van der Waals surface area contributed by atoms with Crippen molar-refractivity contribution in [3.8, 4) is 0 Å². The number of hydrogen-bond acceptors (Lipinski definition) is 3. The molecule has 5 heteroatoms. The van der Waals surface area contributed by atoms with Gasteiger partial charge in [-0.3, -0.25) is 10.2 Å². The zero-order valence-electron chi connectivity index (χ0n) is 13.8. The first-order valence-corrected chi connectivity index (χ1v) is 8.71. The SMILES string of the molecule is N=C(c1ccc(C=O)cc1)c1ccccc1C(N)=Nc1cccc(Br)c1. The summed E-state index contributed by atoms with van der Waals surface area (Å²) in [4.78, 5) is 15.3. The molecule has 128 valence electrons. The van der Waals surface area contributed by atoms with Gasteiger partial charge in [-0.2, -0.15) is 0 Å². The lowest BCUT2D eigenvalue weighted by Crippen LogP contribution is -2.18. The molecule has 3 rings (SSSR count). The van der Waals surface area contributed by atoms with Crippen LogP contribution in [0, 0.1) is 5.41 Å². The van der Waals surface area contributed by atoms with Gasteiger partial charge in [-0.1, -0.05) is 70.5 Å². The van der Waals surface area contributed by atoms with E-state index < -0.39 is 0 Å². The number of hydrogen-bond donors (Lipinski definition) is 2. The first-order chi connectivity index (χ1) is 12.6. The van der Waals surface area contributed by atoms with E-state index in [1.807, 2.05) is 48.5 Å². The van der Waals surface area contributed by atoms with E-state index in [-0.39, 0.29) is 0 Å². The lowest BCUT2D eigenvalue weighted by Gasteiger charge is -2.11. The molecule has 0 fully saturated rings. The fourth-order valence-electron chi connectivity index (χ4n) is 2.55. The van der Waals surface area contributed by atoms with Gasteiger partial charge < -0.3 is 5.73 Å². The number of benzene rings is 3. The number of rotatable bonds is 5. The van der Waals surface area contributed by atoms with Gasteiger partial charge >= 0.3 is 0 Å². The largest absolute Gasteiger partial charge is 0.383 e. The highest BCUT2D eigenvalue weighted by Gasteiger charge is 2.12. The Bertz CT molecular complexity index is 994. The molecule has 3 aromatic rings. The third-order valence-electron chi connectivity index (χ3n) is 3.87. The van der Waals surface area contributed by atoms with E-state index in [9.17, 15) is 4.79 Å². The van der Waals surface area contributed by atoms with Gasteiger partial charge in [-0.15, -0.1) is 0 Å². The summed E-state index contributed by atoms with van der Waals surface area (Å²) < 4.78 is 0.919. The van der Waals surface area contributed by atoms with Crippen LogP contribution in [0.3, 0.4) is 0 Å². The van der Waals surface area contributed by atoms with Crippen molar-refractivity contribution < 1.29 is 4.79 Å². The number of aliphatic imine (C=N–C) groups is 1. The average Bonchev–Trinajstić information content (AvgIpc) is 2.67. The van der Waals surface area contributed by atoms with Crippen LogP contribution in [0.25, 0.3) is 0 Å². The third-order valence-corrected chi connectivity index (χ3v) is 4.36. The maximum atomic E-state index is 10.8. The molecule has 0 saturated carbocycles. The van der Waals surface area contributed by atoms with Crippen molar-refractivity contribution in [2.45, 2.75) is 0 Å². The van der Waals surface area contributed by atoms with Gasteiger partial charge in [0.15, 0.2) is 0 Å². The molecule has 0 saturated heterocycles. The summed E-state index contributed by atoms with van der Waals surface area (Å²) >= 11 is 3.42. The highest BCUT2D eigenvalue weighted by molar-refractivity contribution is 9.10. The van der Waals surface area contributed by atoms with Crippen molar-refractivity contribution in [2.24, 2.45) is 10.7 Å². The van der Waals surface area contributed by atoms with E-state index >= 15 is 0 Å². The number of halogens is 1. The van der Waals surface area contributed by atoms with Gasteiger partial charge in [-0.25, -0.2) is 4.99 Å². The van der Waals surface area contributed by atoms with Crippen LogP contribution in [-0.4, -0.2) is 17.8 Å². The monoisotopic (exact) mass is 405 g/mol. The molecule has 0 aliphatic carbocycles. The van der Waals surface area contributed by atoms with Crippen molar-refractivity contribution in [1.29, 1.82) is 5.41 Å².